The number of carboxylic acids is 1. The van der Waals surface area contributed by atoms with Gasteiger partial charge in [-0.2, -0.15) is 0 Å². The van der Waals surface area contributed by atoms with Crippen molar-refractivity contribution >= 4 is 23.7 Å². The van der Waals surface area contributed by atoms with Crippen LogP contribution in [0.4, 0.5) is 10.5 Å². The molecule has 1 aliphatic rings. The third-order valence-corrected chi connectivity index (χ3v) is 5.61. The minimum atomic E-state index is -0.915. The van der Waals surface area contributed by atoms with E-state index >= 15 is 0 Å². The summed E-state index contributed by atoms with van der Waals surface area (Å²) in [5.41, 5.74) is 5.13. The summed E-state index contributed by atoms with van der Waals surface area (Å²) in [5, 5.41) is 14.0. The van der Waals surface area contributed by atoms with Gasteiger partial charge < -0.3 is 15.2 Å². The maximum absolute atomic E-state index is 12.6. The van der Waals surface area contributed by atoms with Crippen LogP contribution in [0.15, 0.2) is 72.8 Å². The van der Waals surface area contributed by atoms with E-state index in [1.807, 2.05) is 36.4 Å². The molecule has 1 aliphatic carbocycles. The summed E-state index contributed by atoms with van der Waals surface area (Å²) < 4.78 is 5.56. The SMILES string of the molecule is O=C(O)CCCNC(=O)c1ccccc1NC(=O)OCC1c2ccccc2-c2ccccc21. The number of anilines is 1. The number of carbonyl (C=O) groups excluding carboxylic acids is 2. The first-order valence-corrected chi connectivity index (χ1v) is 10.8. The molecule has 7 heteroatoms. The molecule has 3 aromatic carbocycles. The van der Waals surface area contributed by atoms with Gasteiger partial charge in [0.25, 0.3) is 5.91 Å². The minimum absolute atomic E-state index is 0.0279. The van der Waals surface area contributed by atoms with Crippen LogP contribution in [0.3, 0.4) is 0 Å². The molecule has 0 unspecified atom stereocenters. The molecule has 3 N–H and O–H groups in total. The van der Waals surface area contributed by atoms with E-state index in [0.717, 1.165) is 22.3 Å². The van der Waals surface area contributed by atoms with Gasteiger partial charge in [-0.3, -0.25) is 14.9 Å². The van der Waals surface area contributed by atoms with Crippen LogP contribution in [0.25, 0.3) is 11.1 Å². The highest BCUT2D eigenvalue weighted by Crippen LogP contribution is 2.44. The Morgan fingerprint density at radius 1 is 0.848 bits per heavy atom. The van der Waals surface area contributed by atoms with E-state index < -0.39 is 18.0 Å². The van der Waals surface area contributed by atoms with Crippen LogP contribution in [-0.2, 0) is 9.53 Å². The van der Waals surface area contributed by atoms with E-state index in [0.29, 0.717) is 12.1 Å². The van der Waals surface area contributed by atoms with Crippen molar-refractivity contribution in [2.45, 2.75) is 18.8 Å². The molecule has 4 rings (SSSR count). The number of amides is 2. The van der Waals surface area contributed by atoms with Gasteiger partial charge in [0.1, 0.15) is 6.61 Å². The van der Waals surface area contributed by atoms with Crippen LogP contribution in [0, 0.1) is 0 Å². The summed E-state index contributed by atoms with van der Waals surface area (Å²) >= 11 is 0. The average Bonchev–Trinajstić information content (AvgIpc) is 3.14. The fourth-order valence-corrected chi connectivity index (χ4v) is 4.07. The maximum atomic E-state index is 12.6. The first-order chi connectivity index (χ1) is 16.0. The van der Waals surface area contributed by atoms with Crippen molar-refractivity contribution in [1.29, 1.82) is 0 Å². The smallest absolute Gasteiger partial charge is 0.411 e. The van der Waals surface area contributed by atoms with Gasteiger partial charge in [-0.05, 0) is 40.8 Å². The van der Waals surface area contributed by atoms with Crippen LogP contribution in [0.2, 0.25) is 0 Å². The van der Waals surface area contributed by atoms with E-state index in [1.165, 1.54) is 0 Å². The van der Waals surface area contributed by atoms with Crippen LogP contribution < -0.4 is 10.6 Å². The van der Waals surface area contributed by atoms with Gasteiger partial charge >= 0.3 is 12.1 Å². The monoisotopic (exact) mass is 444 g/mol. The van der Waals surface area contributed by atoms with Crippen molar-refractivity contribution < 1.29 is 24.2 Å². The molecule has 0 bridgehead atoms. The Kier molecular flexibility index (Phi) is 6.69. The Balaban J connectivity index is 1.39. The van der Waals surface area contributed by atoms with Crippen LogP contribution in [0.1, 0.15) is 40.2 Å². The number of aliphatic carboxylic acids is 1. The molecule has 0 aliphatic heterocycles. The van der Waals surface area contributed by atoms with Crippen molar-refractivity contribution in [2.24, 2.45) is 0 Å². The lowest BCUT2D eigenvalue weighted by Gasteiger charge is -2.15. The summed E-state index contributed by atoms with van der Waals surface area (Å²) in [4.78, 5) is 35.7. The summed E-state index contributed by atoms with van der Waals surface area (Å²) in [6.45, 7) is 0.397. The Bertz CT molecular complexity index is 1150. The highest BCUT2D eigenvalue weighted by Gasteiger charge is 2.29. The molecule has 0 fully saturated rings. The lowest BCUT2D eigenvalue weighted by molar-refractivity contribution is -0.137. The van der Waals surface area contributed by atoms with Crippen molar-refractivity contribution in [2.75, 3.05) is 18.5 Å². The Labute approximate surface area is 191 Å². The first kappa shape index (κ1) is 22.1. The second-order valence-electron chi connectivity index (χ2n) is 7.75. The molecule has 7 nitrogen and oxygen atoms in total. The number of rotatable bonds is 8. The van der Waals surface area contributed by atoms with Gasteiger partial charge in [-0.1, -0.05) is 60.7 Å². The van der Waals surface area contributed by atoms with E-state index in [9.17, 15) is 14.4 Å². The molecule has 33 heavy (non-hydrogen) atoms. The van der Waals surface area contributed by atoms with Gasteiger partial charge in [0.05, 0.1) is 11.3 Å². The second kappa shape index (κ2) is 9.99. The second-order valence-corrected chi connectivity index (χ2v) is 7.75. The number of ether oxygens (including phenoxy) is 1. The molecule has 3 aromatic rings. The molecule has 2 amide bonds. The molecule has 0 atom stereocenters. The standard InChI is InChI=1S/C26H24N2O5/c29-24(30)14-7-15-27-25(31)21-12-5-6-13-23(21)28-26(32)33-16-22-19-10-3-1-8-17(19)18-9-2-4-11-20(18)22/h1-6,8-13,22H,7,14-16H2,(H,27,31)(H,28,32)(H,29,30). The maximum Gasteiger partial charge on any atom is 0.411 e. The number of para-hydroxylation sites is 1. The molecule has 0 saturated heterocycles. The van der Waals surface area contributed by atoms with Crippen LogP contribution >= 0.6 is 0 Å². The number of fused-ring (bicyclic) bond motifs is 3. The quantitative estimate of drug-likeness (QED) is 0.439. The summed E-state index contributed by atoms with van der Waals surface area (Å²) in [6.07, 6.45) is -0.355. The van der Waals surface area contributed by atoms with Gasteiger partial charge in [0, 0.05) is 18.9 Å². The van der Waals surface area contributed by atoms with Crippen molar-refractivity contribution in [1.82, 2.24) is 5.32 Å². The van der Waals surface area contributed by atoms with Gasteiger partial charge in [-0.15, -0.1) is 0 Å². The van der Waals surface area contributed by atoms with E-state index in [-0.39, 0.29) is 31.1 Å². The van der Waals surface area contributed by atoms with E-state index in [1.54, 1.807) is 24.3 Å². The predicted octanol–water partition coefficient (Wildman–Crippen LogP) is 4.64. The molecule has 0 spiro atoms. The van der Waals surface area contributed by atoms with Crippen molar-refractivity contribution in [3.63, 3.8) is 0 Å². The van der Waals surface area contributed by atoms with Gasteiger partial charge in [-0.25, -0.2) is 4.79 Å². The zero-order chi connectivity index (χ0) is 23.2. The van der Waals surface area contributed by atoms with Gasteiger partial charge in [0.15, 0.2) is 0 Å². The number of carbonyl (C=O) groups is 3. The zero-order valence-corrected chi connectivity index (χ0v) is 17.9. The summed E-state index contributed by atoms with van der Waals surface area (Å²) in [6, 6.07) is 22.8. The van der Waals surface area contributed by atoms with Gasteiger partial charge in [0.2, 0.25) is 0 Å². The number of nitrogens with one attached hydrogen (secondary N) is 2. The van der Waals surface area contributed by atoms with E-state index in [4.69, 9.17) is 9.84 Å². The van der Waals surface area contributed by atoms with Crippen molar-refractivity contribution in [3.8, 4) is 11.1 Å². The molecule has 0 heterocycles. The average molecular weight is 444 g/mol. The van der Waals surface area contributed by atoms with Crippen molar-refractivity contribution in [3.05, 3.63) is 89.5 Å². The Hall–Kier alpha value is -4.13. The number of carboxylic acid groups (broad SMARTS) is 1. The minimum Gasteiger partial charge on any atom is -0.481 e. The van der Waals surface area contributed by atoms with E-state index in [2.05, 4.69) is 22.8 Å². The fraction of sp³-hybridized carbons (Fsp3) is 0.192. The van der Waals surface area contributed by atoms with Crippen LogP contribution in [0.5, 0.6) is 0 Å². The molecular weight excluding hydrogens is 420 g/mol. The summed E-state index contributed by atoms with van der Waals surface area (Å²) in [5.74, 6) is -1.37. The normalized spacial score (nSPS) is 11.9. The first-order valence-electron chi connectivity index (χ1n) is 10.8. The lowest BCUT2D eigenvalue weighted by Crippen LogP contribution is -2.27. The number of hydrogen-bond acceptors (Lipinski definition) is 4. The third kappa shape index (κ3) is 5.03. The predicted molar refractivity (Wildman–Crippen MR) is 124 cm³/mol. The topological polar surface area (TPSA) is 105 Å². The highest BCUT2D eigenvalue weighted by atomic mass is 16.5. The molecule has 0 aromatic heterocycles. The molecule has 168 valence electrons. The Morgan fingerprint density at radius 3 is 2.12 bits per heavy atom. The lowest BCUT2D eigenvalue weighted by atomic mass is 9.98. The largest absolute Gasteiger partial charge is 0.481 e. The number of hydrogen-bond donors (Lipinski definition) is 3. The number of benzene rings is 3. The fourth-order valence-electron chi connectivity index (χ4n) is 4.07. The molecule has 0 saturated carbocycles. The highest BCUT2D eigenvalue weighted by molar-refractivity contribution is 6.02. The van der Waals surface area contributed by atoms with Crippen LogP contribution in [-0.4, -0.2) is 36.2 Å². The third-order valence-electron chi connectivity index (χ3n) is 5.61. The Morgan fingerprint density at radius 2 is 1.45 bits per heavy atom. The zero-order valence-electron chi connectivity index (χ0n) is 17.9. The molecule has 0 radical (unpaired) electrons. The summed E-state index contributed by atoms with van der Waals surface area (Å²) in [7, 11) is 0. The molecular formula is C26H24N2O5.